The zero-order valence-corrected chi connectivity index (χ0v) is 12.8. The highest BCUT2D eigenvalue weighted by Gasteiger charge is 2.14. The standard InChI is InChI=1S/C16H28N2/c1-13-7-8-15(16(2,3)4)11-14(13)12-17-9-10-18(5)6/h7-8,11,17H,9-10,12H2,1-6H3. The predicted molar refractivity (Wildman–Crippen MR) is 80.1 cm³/mol. The Kier molecular flexibility index (Phi) is 5.36. The molecule has 1 aromatic carbocycles. The van der Waals surface area contributed by atoms with E-state index in [4.69, 9.17) is 0 Å². The maximum Gasteiger partial charge on any atom is 0.0208 e. The van der Waals surface area contributed by atoms with Gasteiger partial charge in [-0.05, 0) is 43.1 Å². The van der Waals surface area contributed by atoms with Gasteiger partial charge < -0.3 is 10.2 Å². The third-order valence-corrected chi connectivity index (χ3v) is 3.27. The van der Waals surface area contributed by atoms with Gasteiger partial charge in [0.05, 0.1) is 0 Å². The predicted octanol–water partition coefficient (Wildman–Crippen LogP) is 2.94. The Hall–Kier alpha value is -0.860. The van der Waals surface area contributed by atoms with Gasteiger partial charge in [0.2, 0.25) is 0 Å². The summed E-state index contributed by atoms with van der Waals surface area (Å²) in [6.45, 7) is 12.1. The normalized spacial score (nSPS) is 12.2. The van der Waals surface area contributed by atoms with Crippen LogP contribution in [0.15, 0.2) is 18.2 Å². The first-order valence-electron chi connectivity index (χ1n) is 6.76. The van der Waals surface area contributed by atoms with Gasteiger partial charge in [0.25, 0.3) is 0 Å². The fourth-order valence-corrected chi connectivity index (χ4v) is 1.85. The lowest BCUT2D eigenvalue weighted by molar-refractivity contribution is 0.400. The van der Waals surface area contributed by atoms with Gasteiger partial charge in [-0.25, -0.2) is 0 Å². The Balaban J connectivity index is 2.64. The molecule has 0 spiro atoms. The number of nitrogens with zero attached hydrogens (tertiary/aromatic N) is 1. The third kappa shape index (κ3) is 4.79. The monoisotopic (exact) mass is 248 g/mol. The Morgan fingerprint density at radius 3 is 2.39 bits per heavy atom. The second-order valence-corrected chi connectivity index (χ2v) is 6.37. The topological polar surface area (TPSA) is 15.3 Å². The Bertz CT molecular complexity index is 375. The quantitative estimate of drug-likeness (QED) is 0.806. The summed E-state index contributed by atoms with van der Waals surface area (Å²) in [7, 11) is 4.21. The van der Waals surface area contributed by atoms with Gasteiger partial charge >= 0.3 is 0 Å². The van der Waals surface area contributed by atoms with Crippen molar-refractivity contribution in [2.45, 2.75) is 39.7 Å². The molecule has 18 heavy (non-hydrogen) atoms. The summed E-state index contributed by atoms with van der Waals surface area (Å²) in [5.74, 6) is 0. The van der Waals surface area contributed by atoms with E-state index in [1.54, 1.807) is 0 Å². The Labute approximate surface area is 112 Å². The third-order valence-electron chi connectivity index (χ3n) is 3.27. The lowest BCUT2D eigenvalue weighted by Crippen LogP contribution is -2.26. The van der Waals surface area contributed by atoms with Crippen molar-refractivity contribution < 1.29 is 0 Å². The van der Waals surface area contributed by atoms with Crippen molar-refractivity contribution in [3.05, 3.63) is 34.9 Å². The molecule has 0 radical (unpaired) electrons. The molecule has 0 heterocycles. The molecule has 102 valence electrons. The molecule has 1 aromatic rings. The molecule has 0 atom stereocenters. The average molecular weight is 248 g/mol. The number of hydrogen-bond donors (Lipinski definition) is 1. The summed E-state index contributed by atoms with van der Waals surface area (Å²) < 4.78 is 0. The van der Waals surface area contributed by atoms with Gasteiger partial charge in [-0.2, -0.15) is 0 Å². The summed E-state index contributed by atoms with van der Waals surface area (Å²) in [5.41, 5.74) is 4.44. The molecule has 0 unspecified atom stereocenters. The number of rotatable bonds is 5. The lowest BCUT2D eigenvalue weighted by atomic mass is 9.85. The molecular weight excluding hydrogens is 220 g/mol. The van der Waals surface area contributed by atoms with Crippen LogP contribution < -0.4 is 5.32 Å². The highest BCUT2D eigenvalue weighted by molar-refractivity contribution is 5.34. The van der Waals surface area contributed by atoms with Crippen LogP contribution in [0.2, 0.25) is 0 Å². The zero-order valence-electron chi connectivity index (χ0n) is 12.8. The lowest BCUT2D eigenvalue weighted by Gasteiger charge is -2.21. The van der Waals surface area contributed by atoms with Crippen molar-refractivity contribution in [1.82, 2.24) is 10.2 Å². The fraction of sp³-hybridized carbons (Fsp3) is 0.625. The van der Waals surface area contributed by atoms with E-state index in [9.17, 15) is 0 Å². The van der Waals surface area contributed by atoms with Gasteiger partial charge in [-0.15, -0.1) is 0 Å². The largest absolute Gasteiger partial charge is 0.311 e. The van der Waals surface area contributed by atoms with Gasteiger partial charge in [-0.3, -0.25) is 0 Å². The van der Waals surface area contributed by atoms with E-state index in [2.05, 4.69) is 70.2 Å². The molecule has 1 rings (SSSR count). The molecular formula is C16H28N2. The second kappa shape index (κ2) is 6.35. The van der Waals surface area contributed by atoms with Crippen LogP contribution in [0.1, 0.15) is 37.5 Å². The Morgan fingerprint density at radius 2 is 1.83 bits per heavy atom. The minimum Gasteiger partial charge on any atom is -0.311 e. The van der Waals surface area contributed by atoms with Crippen LogP contribution in [0.4, 0.5) is 0 Å². The molecule has 1 N–H and O–H groups in total. The molecule has 2 nitrogen and oxygen atoms in total. The molecule has 0 saturated heterocycles. The first-order valence-corrected chi connectivity index (χ1v) is 6.76. The highest BCUT2D eigenvalue weighted by atomic mass is 15.1. The Morgan fingerprint density at radius 1 is 1.17 bits per heavy atom. The number of nitrogens with one attached hydrogen (secondary N) is 1. The van der Waals surface area contributed by atoms with Crippen molar-refractivity contribution in [1.29, 1.82) is 0 Å². The van der Waals surface area contributed by atoms with E-state index in [1.807, 2.05) is 0 Å². The molecule has 0 aliphatic carbocycles. The van der Waals surface area contributed by atoms with E-state index in [1.165, 1.54) is 16.7 Å². The summed E-state index contributed by atoms with van der Waals surface area (Å²) >= 11 is 0. The summed E-state index contributed by atoms with van der Waals surface area (Å²) in [6, 6.07) is 6.83. The number of benzene rings is 1. The van der Waals surface area contributed by atoms with Crippen LogP contribution in [-0.4, -0.2) is 32.1 Å². The van der Waals surface area contributed by atoms with Crippen molar-refractivity contribution in [3.8, 4) is 0 Å². The number of hydrogen-bond acceptors (Lipinski definition) is 2. The van der Waals surface area contributed by atoms with Crippen LogP contribution in [-0.2, 0) is 12.0 Å². The molecule has 0 fully saturated rings. The molecule has 0 bridgehead atoms. The second-order valence-electron chi connectivity index (χ2n) is 6.37. The maximum absolute atomic E-state index is 3.51. The molecule has 0 saturated carbocycles. The van der Waals surface area contributed by atoms with Gasteiger partial charge in [0, 0.05) is 19.6 Å². The molecule has 0 aromatic heterocycles. The molecule has 0 amide bonds. The number of likely N-dealkylation sites (N-methyl/N-ethyl adjacent to an activating group) is 1. The van der Waals surface area contributed by atoms with Gasteiger partial charge in [-0.1, -0.05) is 39.0 Å². The molecule has 0 aliphatic rings. The summed E-state index contributed by atoms with van der Waals surface area (Å²) in [4.78, 5) is 2.20. The van der Waals surface area contributed by atoms with E-state index >= 15 is 0 Å². The van der Waals surface area contributed by atoms with Crippen molar-refractivity contribution in [3.63, 3.8) is 0 Å². The van der Waals surface area contributed by atoms with E-state index in [0.717, 1.165) is 19.6 Å². The minimum atomic E-state index is 0.228. The molecule has 0 aliphatic heterocycles. The first kappa shape index (κ1) is 15.2. The zero-order chi connectivity index (χ0) is 13.8. The van der Waals surface area contributed by atoms with E-state index in [-0.39, 0.29) is 5.41 Å². The minimum absolute atomic E-state index is 0.228. The van der Waals surface area contributed by atoms with E-state index < -0.39 is 0 Å². The van der Waals surface area contributed by atoms with Crippen LogP contribution in [0.25, 0.3) is 0 Å². The van der Waals surface area contributed by atoms with Crippen molar-refractivity contribution in [2.24, 2.45) is 0 Å². The van der Waals surface area contributed by atoms with Crippen molar-refractivity contribution in [2.75, 3.05) is 27.2 Å². The van der Waals surface area contributed by atoms with E-state index in [0.29, 0.717) is 0 Å². The summed E-state index contributed by atoms with van der Waals surface area (Å²) in [6.07, 6.45) is 0. The van der Waals surface area contributed by atoms with Crippen LogP contribution in [0.5, 0.6) is 0 Å². The highest BCUT2D eigenvalue weighted by Crippen LogP contribution is 2.24. The van der Waals surface area contributed by atoms with Gasteiger partial charge in [0.1, 0.15) is 0 Å². The summed E-state index contributed by atoms with van der Waals surface area (Å²) in [5, 5.41) is 3.51. The fourth-order valence-electron chi connectivity index (χ4n) is 1.85. The smallest absolute Gasteiger partial charge is 0.0208 e. The maximum atomic E-state index is 3.51. The van der Waals surface area contributed by atoms with Crippen LogP contribution in [0, 0.1) is 6.92 Å². The average Bonchev–Trinajstić information content (AvgIpc) is 2.24. The van der Waals surface area contributed by atoms with Gasteiger partial charge in [0.15, 0.2) is 0 Å². The first-order chi connectivity index (χ1) is 8.30. The van der Waals surface area contributed by atoms with Crippen LogP contribution in [0.3, 0.4) is 0 Å². The molecule has 2 heteroatoms. The van der Waals surface area contributed by atoms with Crippen molar-refractivity contribution >= 4 is 0 Å². The number of aryl methyl sites for hydroxylation is 1. The SMILES string of the molecule is Cc1ccc(C(C)(C)C)cc1CNCCN(C)C. The van der Waals surface area contributed by atoms with Crippen LogP contribution >= 0.6 is 0 Å².